The van der Waals surface area contributed by atoms with E-state index in [0.717, 1.165) is 0 Å². The van der Waals surface area contributed by atoms with E-state index in [0.29, 0.717) is 30.9 Å². The number of aromatic nitrogens is 1. The highest BCUT2D eigenvalue weighted by atomic mass is 35.5. The first-order valence-corrected chi connectivity index (χ1v) is 5.67. The van der Waals surface area contributed by atoms with Gasteiger partial charge in [0, 0.05) is 20.2 Å². The lowest BCUT2D eigenvalue weighted by Crippen LogP contribution is -2.34. The molecule has 1 rings (SSSR count). The lowest BCUT2D eigenvalue weighted by atomic mass is 10.2. The Kier molecular flexibility index (Phi) is 5.18. The second-order valence-corrected chi connectivity index (χ2v) is 3.86. The van der Waals surface area contributed by atoms with Crippen molar-refractivity contribution in [3.05, 3.63) is 23.0 Å². The summed E-state index contributed by atoms with van der Waals surface area (Å²) in [7, 11) is 1.59. The normalized spacial score (nSPS) is 10.3. The molecule has 0 fully saturated rings. The topological polar surface area (TPSA) is 68.5 Å². The van der Waals surface area contributed by atoms with E-state index in [-0.39, 0.29) is 11.1 Å². The molecule has 5 nitrogen and oxygen atoms in total. The number of ether oxygens (including phenoxy) is 1. The number of amides is 1. The van der Waals surface area contributed by atoms with Crippen LogP contribution < -0.4 is 5.73 Å². The van der Waals surface area contributed by atoms with Gasteiger partial charge in [0.25, 0.3) is 5.91 Å². The Bertz CT molecular complexity index is 398. The highest BCUT2D eigenvalue weighted by molar-refractivity contribution is 6.29. The van der Waals surface area contributed by atoms with Crippen LogP contribution in [0.1, 0.15) is 17.3 Å². The van der Waals surface area contributed by atoms with Gasteiger partial charge in [-0.25, -0.2) is 4.98 Å². The van der Waals surface area contributed by atoms with Gasteiger partial charge in [-0.2, -0.15) is 0 Å². The number of likely N-dealkylation sites (N-methyl/N-ethyl adjacent to an activating group) is 1. The van der Waals surface area contributed by atoms with Crippen LogP contribution >= 0.6 is 11.6 Å². The smallest absolute Gasteiger partial charge is 0.256 e. The Morgan fingerprint density at radius 1 is 1.65 bits per heavy atom. The largest absolute Gasteiger partial charge is 0.397 e. The summed E-state index contributed by atoms with van der Waals surface area (Å²) in [6.07, 6.45) is 1.39. The van der Waals surface area contributed by atoms with Gasteiger partial charge in [0.05, 0.1) is 24.1 Å². The molecule has 0 radical (unpaired) electrons. The van der Waals surface area contributed by atoms with E-state index in [1.165, 1.54) is 12.3 Å². The molecule has 2 N–H and O–H groups in total. The van der Waals surface area contributed by atoms with Crippen molar-refractivity contribution in [1.29, 1.82) is 0 Å². The molecule has 1 aromatic heterocycles. The summed E-state index contributed by atoms with van der Waals surface area (Å²) in [6, 6.07) is 1.48. The zero-order chi connectivity index (χ0) is 12.8. The van der Waals surface area contributed by atoms with Crippen molar-refractivity contribution in [2.24, 2.45) is 0 Å². The Morgan fingerprint density at radius 2 is 2.35 bits per heavy atom. The highest BCUT2D eigenvalue weighted by Gasteiger charge is 2.17. The van der Waals surface area contributed by atoms with E-state index in [4.69, 9.17) is 22.1 Å². The van der Waals surface area contributed by atoms with Gasteiger partial charge in [-0.15, -0.1) is 0 Å². The molecule has 0 saturated carbocycles. The number of hydrogen-bond donors (Lipinski definition) is 1. The average molecular weight is 258 g/mol. The predicted molar refractivity (Wildman–Crippen MR) is 67.1 cm³/mol. The second kappa shape index (κ2) is 6.42. The van der Waals surface area contributed by atoms with E-state index >= 15 is 0 Å². The molecular formula is C11H16ClN3O2. The predicted octanol–water partition coefficient (Wildman–Crippen LogP) is 1.43. The van der Waals surface area contributed by atoms with Gasteiger partial charge in [-0.05, 0) is 13.0 Å². The number of nitrogens with two attached hydrogens (primary N) is 1. The SMILES string of the molecule is CCN(CCOC)C(=O)c1cc(Cl)ncc1N. The van der Waals surface area contributed by atoms with Crippen molar-refractivity contribution in [2.45, 2.75) is 6.92 Å². The molecule has 1 aromatic rings. The van der Waals surface area contributed by atoms with Crippen LogP contribution in [0.5, 0.6) is 0 Å². The van der Waals surface area contributed by atoms with Crippen LogP contribution in [-0.4, -0.2) is 42.6 Å². The maximum atomic E-state index is 12.2. The summed E-state index contributed by atoms with van der Waals surface area (Å²) in [6.45, 7) is 3.48. The molecule has 0 aliphatic carbocycles. The van der Waals surface area contributed by atoms with Gasteiger partial charge in [0.2, 0.25) is 0 Å². The van der Waals surface area contributed by atoms with Gasteiger partial charge in [-0.1, -0.05) is 11.6 Å². The Hall–Kier alpha value is -1.33. The summed E-state index contributed by atoms with van der Waals surface area (Å²) in [5.41, 5.74) is 6.42. The lowest BCUT2D eigenvalue weighted by molar-refractivity contribution is 0.0707. The number of carbonyl (C=O) groups is 1. The van der Waals surface area contributed by atoms with Crippen molar-refractivity contribution in [1.82, 2.24) is 9.88 Å². The van der Waals surface area contributed by atoms with Crippen LogP contribution in [0.25, 0.3) is 0 Å². The summed E-state index contributed by atoms with van der Waals surface area (Å²) < 4.78 is 4.95. The first-order chi connectivity index (χ1) is 8.10. The fourth-order valence-electron chi connectivity index (χ4n) is 1.40. The molecule has 0 unspecified atom stereocenters. The molecule has 0 atom stereocenters. The Labute approximate surface area is 106 Å². The molecule has 6 heteroatoms. The van der Waals surface area contributed by atoms with Crippen LogP contribution in [0.2, 0.25) is 5.15 Å². The number of pyridine rings is 1. The number of nitrogen functional groups attached to an aromatic ring is 1. The Morgan fingerprint density at radius 3 is 2.94 bits per heavy atom. The van der Waals surface area contributed by atoms with Crippen molar-refractivity contribution in [3.8, 4) is 0 Å². The quantitative estimate of drug-likeness (QED) is 0.810. The summed E-state index contributed by atoms with van der Waals surface area (Å²) >= 11 is 5.75. The number of rotatable bonds is 5. The van der Waals surface area contributed by atoms with Gasteiger partial charge in [0.15, 0.2) is 0 Å². The molecule has 0 saturated heterocycles. The van der Waals surface area contributed by atoms with Crippen molar-refractivity contribution < 1.29 is 9.53 Å². The van der Waals surface area contributed by atoms with E-state index in [1.807, 2.05) is 6.92 Å². The molecule has 94 valence electrons. The van der Waals surface area contributed by atoms with Gasteiger partial charge in [-0.3, -0.25) is 4.79 Å². The summed E-state index contributed by atoms with van der Waals surface area (Å²) in [5.74, 6) is -0.161. The van der Waals surface area contributed by atoms with E-state index in [9.17, 15) is 4.79 Å². The van der Waals surface area contributed by atoms with Gasteiger partial charge in [0.1, 0.15) is 5.15 Å². The third kappa shape index (κ3) is 3.57. The maximum Gasteiger partial charge on any atom is 0.256 e. The number of carbonyl (C=O) groups excluding carboxylic acids is 1. The van der Waals surface area contributed by atoms with Crippen LogP contribution in [0, 0.1) is 0 Å². The number of hydrogen-bond acceptors (Lipinski definition) is 4. The summed E-state index contributed by atoms with van der Waals surface area (Å²) in [4.78, 5) is 17.6. The second-order valence-electron chi connectivity index (χ2n) is 3.47. The molecule has 1 amide bonds. The third-order valence-corrected chi connectivity index (χ3v) is 2.57. The number of halogens is 1. The average Bonchev–Trinajstić information content (AvgIpc) is 2.33. The fourth-order valence-corrected chi connectivity index (χ4v) is 1.56. The van der Waals surface area contributed by atoms with Gasteiger partial charge >= 0.3 is 0 Å². The molecule has 0 aliphatic rings. The minimum atomic E-state index is -0.161. The lowest BCUT2D eigenvalue weighted by Gasteiger charge is -2.21. The number of anilines is 1. The van der Waals surface area contributed by atoms with Crippen LogP contribution in [0.4, 0.5) is 5.69 Å². The Balaban J connectivity index is 2.89. The van der Waals surface area contributed by atoms with Crippen LogP contribution in [0.15, 0.2) is 12.3 Å². The third-order valence-electron chi connectivity index (χ3n) is 2.37. The number of methoxy groups -OCH3 is 1. The minimum Gasteiger partial charge on any atom is -0.397 e. The number of nitrogens with zero attached hydrogens (tertiary/aromatic N) is 2. The van der Waals surface area contributed by atoms with Crippen molar-refractivity contribution in [3.63, 3.8) is 0 Å². The molecular weight excluding hydrogens is 242 g/mol. The van der Waals surface area contributed by atoms with Gasteiger partial charge < -0.3 is 15.4 Å². The van der Waals surface area contributed by atoms with Crippen LogP contribution in [0.3, 0.4) is 0 Å². The summed E-state index contributed by atoms with van der Waals surface area (Å²) in [5, 5.41) is 0.255. The zero-order valence-corrected chi connectivity index (χ0v) is 10.7. The first kappa shape index (κ1) is 13.7. The highest BCUT2D eigenvalue weighted by Crippen LogP contribution is 2.17. The molecule has 0 aromatic carbocycles. The monoisotopic (exact) mass is 257 g/mol. The minimum absolute atomic E-state index is 0.161. The molecule has 17 heavy (non-hydrogen) atoms. The maximum absolute atomic E-state index is 12.2. The van der Waals surface area contributed by atoms with E-state index in [2.05, 4.69) is 4.98 Å². The van der Waals surface area contributed by atoms with Crippen molar-refractivity contribution >= 4 is 23.2 Å². The molecule has 0 spiro atoms. The van der Waals surface area contributed by atoms with Crippen molar-refractivity contribution in [2.75, 3.05) is 32.5 Å². The standard InChI is InChI=1S/C11H16ClN3O2/c1-3-15(4-5-17-2)11(16)8-6-10(12)14-7-9(8)13/h6-7H,3-5,13H2,1-2H3. The molecule has 0 bridgehead atoms. The zero-order valence-electron chi connectivity index (χ0n) is 9.94. The first-order valence-electron chi connectivity index (χ1n) is 5.29. The molecule has 0 aliphatic heterocycles. The van der Waals surface area contributed by atoms with E-state index in [1.54, 1.807) is 12.0 Å². The fraction of sp³-hybridized carbons (Fsp3) is 0.455. The molecule has 1 heterocycles. The van der Waals surface area contributed by atoms with Crippen LogP contribution in [-0.2, 0) is 4.74 Å². The van der Waals surface area contributed by atoms with E-state index < -0.39 is 0 Å².